The zero-order valence-corrected chi connectivity index (χ0v) is 16.9. The smallest absolute Gasteiger partial charge is 0.340 e. The molecule has 0 spiro atoms. The number of ether oxygens (including phenoxy) is 2. The molecule has 0 radical (unpaired) electrons. The minimum absolute atomic E-state index is 0.153. The van der Waals surface area contributed by atoms with Crippen molar-refractivity contribution in [2.75, 3.05) is 25.1 Å². The first-order valence-electron chi connectivity index (χ1n) is 9.96. The molecule has 6 heteroatoms. The summed E-state index contributed by atoms with van der Waals surface area (Å²) in [5, 5.41) is 0. The van der Waals surface area contributed by atoms with Crippen LogP contribution >= 0.6 is 0 Å². The molecule has 6 nitrogen and oxygen atoms in total. The molecule has 1 saturated heterocycles. The molecule has 0 aliphatic carbocycles. The lowest BCUT2D eigenvalue weighted by atomic mass is 9.92. The van der Waals surface area contributed by atoms with Crippen LogP contribution in [0.5, 0.6) is 0 Å². The number of anilines is 1. The predicted octanol–water partition coefficient (Wildman–Crippen LogP) is 3.57. The average Bonchev–Trinajstić information content (AvgIpc) is 2.75. The van der Waals surface area contributed by atoms with Crippen LogP contribution in [0.2, 0.25) is 0 Å². The van der Waals surface area contributed by atoms with E-state index in [4.69, 9.17) is 9.47 Å². The average molecular weight is 383 g/mol. The van der Waals surface area contributed by atoms with Crippen LogP contribution in [-0.2, 0) is 20.7 Å². The molecule has 2 atom stereocenters. The normalized spacial score (nSPS) is 17.2. The van der Waals surface area contributed by atoms with Crippen molar-refractivity contribution in [1.82, 2.24) is 9.97 Å². The van der Waals surface area contributed by atoms with Crippen LogP contribution in [0.1, 0.15) is 43.9 Å². The molecule has 0 amide bonds. The number of esters is 1. The fraction of sp³-hybridized carbons (Fsp3) is 0.500. The maximum absolute atomic E-state index is 12.6. The maximum Gasteiger partial charge on any atom is 0.340 e. The Morgan fingerprint density at radius 1 is 1.18 bits per heavy atom. The van der Waals surface area contributed by atoms with E-state index in [9.17, 15) is 4.79 Å². The van der Waals surface area contributed by atoms with E-state index in [0.717, 1.165) is 49.4 Å². The van der Waals surface area contributed by atoms with Crippen molar-refractivity contribution < 1.29 is 14.3 Å². The van der Waals surface area contributed by atoms with Gasteiger partial charge in [0.1, 0.15) is 6.10 Å². The molecule has 150 valence electrons. The van der Waals surface area contributed by atoms with Gasteiger partial charge in [-0.25, -0.2) is 14.8 Å². The van der Waals surface area contributed by atoms with Crippen molar-refractivity contribution in [3.63, 3.8) is 0 Å². The molecule has 1 fully saturated rings. The van der Waals surface area contributed by atoms with Crippen LogP contribution < -0.4 is 4.90 Å². The number of aromatic nitrogens is 2. The molecular formula is C22H29N3O3. The van der Waals surface area contributed by atoms with Gasteiger partial charge in [0, 0.05) is 32.6 Å². The lowest BCUT2D eigenvalue weighted by molar-refractivity contribution is -0.163. The number of rotatable bonds is 7. The first-order chi connectivity index (χ1) is 13.6. The van der Waals surface area contributed by atoms with Gasteiger partial charge >= 0.3 is 5.97 Å². The van der Waals surface area contributed by atoms with E-state index in [1.165, 1.54) is 7.11 Å². The fourth-order valence-electron chi connectivity index (χ4n) is 3.60. The van der Waals surface area contributed by atoms with E-state index in [2.05, 4.69) is 21.8 Å². The minimum Gasteiger partial charge on any atom is -0.460 e. The molecule has 3 rings (SSSR count). The molecule has 1 aliphatic rings. The highest BCUT2D eigenvalue weighted by Crippen LogP contribution is 2.27. The summed E-state index contributed by atoms with van der Waals surface area (Å²) < 4.78 is 11.1. The van der Waals surface area contributed by atoms with E-state index >= 15 is 0 Å². The highest BCUT2D eigenvalue weighted by Gasteiger charge is 2.30. The van der Waals surface area contributed by atoms with Gasteiger partial charge in [-0.05, 0) is 43.2 Å². The largest absolute Gasteiger partial charge is 0.460 e. The van der Waals surface area contributed by atoms with E-state index in [0.29, 0.717) is 5.92 Å². The monoisotopic (exact) mass is 383 g/mol. The van der Waals surface area contributed by atoms with Gasteiger partial charge in [-0.1, -0.05) is 37.3 Å². The van der Waals surface area contributed by atoms with E-state index < -0.39 is 6.10 Å². The molecule has 1 aliphatic heterocycles. The Kier molecular flexibility index (Phi) is 6.98. The lowest BCUT2D eigenvalue weighted by Crippen LogP contribution is -2.39. The van der Waals surface area contributed by atoms with Gasteiger partial charge in [0.2, 0.25) is 5.95 Å². The summed E-state index contributed by atoms with van der Waals surface area (Å²) in [6.45, 7) is 5.80. The third-order valence-electron chi connectivity index (χ3n) is 5.44. The number of hydrogen-bond donors (Lipinski definition) is 0. The molecular weight excluding hydrogens is 354 g/mol. The summed E-state index contributed by atoms with van der Waals surface area (Å²) in [4.78, 5) is 23.7. The highest BCUT2D eigenvalue weighted by molar-refractivity contribution is 5.76. The summed E-state index contributed by atoms with van der Waals surface area (Å²) in [5.41, 5.74) is 1.95. The third-order valence-corrected chi connectivity index (χ3v) is 5.44. The zero-order chi connectivity index (χ0) is 19.9. The summed E-state index contributed by atoms with van der Waals surface area (Å²) in [6.07, 6.45) is 5.78. The summed E-state index contributed by atoms with van der Waals surface area (Å²) in [5.74, 6) is 0.773. The fourth-order valence-corrected chi connectivity index (χ4v) is 3.60. The van der Waals surface area contributed by atoms with Gasteiger partial charge in [0.15, 0.2) is 6.10 Å². The topological polar surface area (TPSA) is 64.6 Å². The Labute approximate surface area is 166 Å². The van der Waals surface area contributed by atoms with Crippen molar-refractivity contribution in [3.05, 3.63) is 53.9 Å². The standard InChI is InChI=1S/C22H29N3O3/c1-4-17-14-23-22(24-15-17)25-12-10-18(11-13-25)16(2)28-21(26)20(27-3)19-8-6-5-7-9-19/h5-9,14-16,18,20H,4,10-13H2,1-3H3. The van der Waals surface area contributed by atoms with Crippen molar-refractivity contribution in [3.8, 4) is 0 Å². The molecule has 0 saturated carbocycles. The SMILES string of the molecule is CCc1cnc(N2CCC(C(C)OC(=O)C(OC)c3ccccc3)CC2)nc1. The number of nitrogens with zero attached hydrogens (tertiary/aromatic N) is 3. The van der Waals surface area contributed by atoms with Crippen LogP contribution in [-0.4, -0.2) is 42.2 Å². The molecule has 2 heterocycles. The van der Waals surface area contributed by atoms with Crippen LogP contribution in [0.25, 0.3) is 0 Å². The van der Waals surface area contributed by atoms with E-state index in [1.807, 2.05) is 49.6 Å². The van der Waals surface area contributed by atoms with Gasteiger partial charge in [-0.3, -0.25) is 0 Å². The maximum atomic E-state index is 12.6. The van der Waals surface area contributed by atoms with Crippen molar-refractivity contribution in [1.29, 1.82) is 0 Å². The van der Waals surface area contributed by atoms with Gasteiger partial charge in [0.05, 0.1) is 0 Å². The van der Waals surface area contributed by atoms with Crippen molar-refractivity contribution in [2.45, 2.75) is 45.3 Å². The number of benzene rings is 1. The second-order valence-corrected chi connectivity index (χ2v) is 7.24. The Balaban J connectivity index is 1.53. The zero-order valence-electron chi connectivity index (χ0n) is 16.9. The lowest BCUT2D eigenvalue weighted by Gasteiger charge is -2.34. The van der Waals surface area contributed by atoms with E-state index in [-0.39, 0.29) is 12.1 Å². The quantitative estimate of drug-likeness (QED) is 0.681. The van der Waals surface area contributed by atoms with Gasteiger partial charge in [-0.15, -0.1) is 0 Å². The van der Waals surface area contributed by atoms with Crippen molar-refractivity contribution in [2.24, 2.45) is 5.92 Å². The molecule has 0 bridgehead atoms. The molecule has 1 aromatic carbocycles. The van der Waals surface area contributed by atoms with Crippen LogP contribution in [0, 0.1) is 5.92 Å². The second-order valence-electron chi connectivity index (χ2n) is 7.24. The first-order valence-corrected chi connectivity index (χ1v) is 9.96. The molecule has 28 heavy (non-hydrogen) atoms. The van der Waals surface area contributed by atoms with Gasteiger partial charge in [-0.2, -0.15) is 0 Å². The number of piperidine rings is 1. The Morgan fingerprint density at radius 3 is 2.39 bits per heavy atom. The summed E-state index contributed by atoms with van der Waals surface area (Å²) >= 11 is 0. The Hall–Kier alpha value is -2.47. The number of carbonyl (C=O) groups excluding carboxylic acids is 1. The van der Waals surface area contributed by atoms with E-state index in [1.54, 1.807) is 0 Å². The molecule has 2 aromatic rings. The van der Waals surface area contributed by atoms with Crippen molar-refractivity contribution >= 4 is 11.9 Å². The first kappa shape index (κ1) is 20.3. The third kappa shape index (κ3) is 4.87. The Morgan fingerprint density at radius 2 is 1.82 bits per heavy atom. The number of methoxy groups -OCH3 is 1. The van der Waals surface area contributed by atoms with Crippen LogP contribution in [0.4, 0.5) is 5.95 Å². The second kappa shape index (κ2) is 9.64. The predicted molar refractivity (Wildman–Crippen MR) is 108 cm³/mol. The highest BCUT2D eigenvalue weighted by atomic mass is 16.6. The number of hydrogen-bond acceptors (Lipinski definition) is 6. The minimum atomic E-state index is -0.686. The van der Waals surface area contributed by atoms with Crippen LogP contribution in [0.3, 0.4) is 0 Å². The molecule has 0 N–H and O–H groups in total. The summed E-state index contributed by atoms with van der Waals surface area (Å²) in [7, 11) is 1.53. The van der Waals surface area contributed by atoms with Gasteiger partial charge < -0.3 is 14.4 Å². The molecule has 1 aromatic heterocycles. The number of carbonyl (C=O) groups is 1. The van der Waals surface area contributed by atoms with Gasteiger partial charge in [0.25, 0.3) is 0 Å². The number of aryl methyl sites for hydroxylation is 1. The summed E-state index contributed by atoms with van der Waals surface area (Å²) in [6, 6.07) is 9.45. The van der Waals surface area contributed by atoms with Crippen LogP contribution in [0.15, 0.2) is 42.7 Å². The Bertz CT molecular complexity index is 743. The molecule has 2 unspecified atom stereocenters.